The predicted molar refractivity (Wildman–Crippen MR) is 66.3 cm³/mol. The maximum atomic E-state index is 12.3. The predicted octanol–water partition coefficient (Wildman–Crippen LogP) is -0.369. The van der Waals surface area contributed by atoms with Crippen LogP contribution in [0.5, 0.6) is 0 Å². The fourth-order valence-electron chi connectivity index (χ4n) is 2.03. The van der Waals surface area contributed by atoms with Gasteiger partial charge < -0.3 is 10.8 Å². The number of aryl methyl sites for hydroxylation is 1. The quantitative estimate of drug-likeness (QED) is 0.780. The summed E-state index contributed by atoms with van der Waals surface area (Å²) in [4.78, 5) is 0.0325. The Morgan fingerprint density at radius 3 is 2.89 bits per heavy atom. The Labute approximate surface area is 106 Å². The highest BCUT2D eigenvalue weighted by molar-refractivity contribution is 7.89. The second-order valence-electron chi connectivity index (χ2n) is 4.45. The fourth-order valence-corrected chi connectivity index (χ4v) is 3.58. The summed E-state index contributed by atoms with van der Waals surface area (Å²) < 4.78 is 27.4. The van der Waals surface area contributed by atoms with E-state index in [1.54, 1.807) is 0 Å². The smallest absolute Gasteiger partial charge is 0.248 e. The topological polar surface area (TPSA) is 101 Å². The molecule has 0 radical (unpaired) electrons. The molecule has 0 aromatic carbocycles. The number of nitrogens with two attached hydrogens (primary N) is 1. The largest absolute Gasteiger partial charge is 0.392 e. The number of aromatic nitrogens is 2. The van der Waals surface area contributed by atoms with Crippen molar-refractivity contribution in [1.29, 1.82) is 0 Å². The molecule has 1 aromatic heterocycles. The summed E-state index contributed by atoms with van der Waals surface area (Å²) in [6.07, 6.45) is 2.18. The Balaban J connectivity index is 2.29. The minimum Gasteiger partial charge on any atom is -0.392 e. The van der Waals surface area contributed by atoms with Gasteiger partial charge in [-0.2, -0.15) is 9.40 Å². The van der Waals surface area contributed by atoms with Gasteiger partial charge in [-0.3, -0.25) is 4.68 Å². The lowest BCUT2D eigenvalue weighted by atomic mass is 10.3. The number of β-amino-alcohol motifs (C(OH)–C–C–N with tert-alkyl or cyclic N) is 1. The van der Waals surface area contributed by atoms with E-state index in [4.69, 9.17) is 5.73 Å². The lowest BCUT2D eigenvalue weighted by Crippen LogP contribution is -2.30. The van der Waals surface area contributed by atoms with Crippen LogP contribution >= 0.6 is 0 Å². The number of nitrogen functional groups attached to an aromatic ring is 1. The molecule has 0 bridgehead atoms. The summed E-state index contributed by atoms with van der Waals surface area (Å²) >= 11 is 0. The summed E-state index contributed by atoms with van der Waals surface area (Å²) in [6, 6.07) is 0. The third-order valence-electron chi connectivity index (χ3n) is 2.95. The summed E-state index contributed by atoms with van der Waals surface area (Å²) in [5.74, 6) is 0.0184. The first-order valence-corrected chi connectivity index (χ1v) is 7.40. The van der Waals surface area contributed by atoms with Crippen molar-refractivity contribution < 1.29 is 13.5 Å². The summed E-state index contributed by atoms with van der Waals surface area (Å²) in [7, 11) is -3.63. The molecule has 1 aliphatic heterocycles. The van der Waals surface area contributed by atoms with Crippen molar-refractivity contribution in [3.8, 4) is 0 Å². The maximum absolute atomic E-state index is 12.3. The molecule has 0 amide bonds. The van der Waals surface area contributed by atoms with Gasteiger partial charge in [-0.15, -0.1) is 0 Å². The third kappa shape index (κ3) is 2.36. The van der Waals surface area contributed by atoms with Gasteiger partial charge in [0.25, 0.3) is 0 Å². The summed E-state index contributed by atoms with van der Waals surface area (Å²) in [5.41, 5.74) is 5.66. The maximum Gasteiger partial charge on any atom is 0.248 e. The Kier molecular flexibility index (Phi) is 3.60. The van der Waals surface area contributed by atoms with E-state index in [2.05, 4.69) is 5.10 Å². The monoisotopic (exact) mass is 274 g/mol. The lowest BCUT2D eigenvalue weighted by Gasteiger charge is -2.14. The van der Waals surface area contributed by atoms with E-state index in [0.717, 1.165) is 6.42 Å². The van der Waals surface area contributed by atoms with Crippen LogP contribution in [0.3, 0.4) is 0 Å². The second kappa shape index (κ2) is 4.87. The SMILES string of the molecule is CCCn1cc(S(=O)(=O)N2CC[C@@H](O)C2)c(N)n1. The first-order valence-electron chi connectivity index (χ1n) is 5.96. The first kappa shape index (κ1) is 13.3. The van der Waals surface area contributed by atoms with Gasteiger partial charge in [-0.05, 0) is 12.8 Å². The van der Waals surface area contributed by atoms with Crippen LogP contribution in [0.1, 0.15) is 19.8 Å². The molecule has 1 saturated heterocycles. The molecular formula is C10H18N4O3S. The van der Waals surface area contributed by atoms with Crippen LogP contribution in [0.2, 0.25) is 0 Å². The van der Waals surface area contributed by atoms with Gasteiger partial charge in [-0.1, -0.05) is 6.92 Å². The Bertz CT molecular complexity index is 525. The summed E-state index contributed by atoms with van der Waals surface area (Å²) in [5, 5.41) is 13.4. The second-order valence-corrected chi connectivity index (χ2v) is 6.35. The van der Waals surface area contributed by atoms with Gasteiger partial charge in [0.1, 0.15) is 4.90 Å². The molecule has 7 nitrogen and oxygen atoms in total. The van der Waals surface area contributed by atoms with Gasteiger partial charge in [0, 0.05) is 25.8 Å². The highest BCUT2D eigenvalue weighted by atomic mass is 32.2. The molecule has 3 N–H and O–H groups in total. The molecule has 0 spiro atoms. The Hall–Kier alpha value is -1.12. The molecule has 1 atom stereocenters. The third-order valence-corrected chi connectivity index (χ3v) is 4.83. The molecule has 8 heteroatoms. The van der Waals surface area contributed by atoms with E-state index in [9.17, 15) is 13.5 Å². The Morgan fingerprint density at radius 1 is 1.61 bits per heavy atom. The number of nitrogens with zero attached hydrogens (tertiary/aromatic N) is 3. The van der Waals surface area contributed by atoms with Gasteiger partial charge in [-0.25, -0.2) is 8.42 Å². The number of aliphatic hydroxyl groups is 1. The van der Waals surface area contributed by atoms with Gasteiger partial charge in [0.15, 0.2) is 5.82 Å². The molecule has 0 saturated carbocycles. The molecule has 102 valence electrons. The molecule has 2 heterocycles. The summed E-state index contributed by atoms with van der Waals surface area (Å²) in [6.45, 7) is 3.05. The van der Waals surface area contributed by atoms with Crippen LogP contribution in [-0.4, -0.2) is 46.8 Å². The van der Waals surface area contributed by atoms with Gasteiger partial charge >= 0.3 is 0 Å². The van der Waals surface area contributed by atoms with Crippen molar-refractivity contribution in [2.75, 3.05) is 18.8 Å². The van der Waals surface area contributed by atoms with Crippen molar-refractivity contribution in [1.82, 2.24) is 14.1 Å². The van der Waals surface area contributed by atoms with E-state index >= 15 is 0 Å². The van der Waals surface area contributed by atoms with E-state index in [-0.39, 0.29) is 17.3 Å². The van der Waals surface area contributed by atoms with Crippen LogP contribution in [-0.2, 0) is 16.6 Å². The normalized spacial score (nSPS) is 21.6. The number of rotatable bonds is 4. The molecule has 0 aliphatic carbocycles. The number of aliphatic hydroxyl groups excluding tert-OH is 1. The van der Waals surface area contributed by atoms with Crippen LogP contribution in [0.15, 0.2) is 11.1 Å². The highest BCUT2D eigenvalue weighted by Crippen LogP contribution is 2.24. The van der Waals surface area contributed by atoms with Crippen molar-refractivity contribution >= 4 is 15.8 Å². The molecule has 1 aromatic rings. The van der Waals surface area contributed by atoms with E-state index < -0.39 is 16.1 Å². The zero-order chi connectivity index (χ0) is 13.3. The molecule has 1 fully saturated rings. The molecule has 18 heavy (non-hydrogen) atoms. The number of anilines is 1. The van der Waals surface area contributed by atoms with Crippen molar-refractivity contribution in [2.24, 2.45) is 0 Å². The van der Waals surface area contributed by atoms with Crippen LogP contribution < -0.4 is 5.73 Å². The molecule has 1 aliphatic rings. The fraction of sp³-hybridized carbons (Fsp3) is 0.700. The van der Waals surface area contributed by atoms with Gasteiger partial charge in [0.2, 0.25) is 10.0 Å². The van der Waals surface area contributed by atoms with Crippen molar-refractivity contribution in [3.05, 3.63) is 6.20 Å². The van der Waals surface area contributed by atoms with E-state index in [0.29, 0.717) is 19.5 Å². The molecule has 0 unspecified atom stereocenters. The van der Waals surface area contributed by atoms with E-state index in [1.807, 2.05) is 6.92 Å². The van der Waals surface area contributed by atoms with Gasteiger partial charge in [0.05, 0.1) is 6.10 Å². The van der Waals surface area contributed by atoms with Crippen LogP contribution in [0.4, 0.5) is 5.82 Å². The number of sulfonamides is 1. The average Bonchev–Trinajstić information content (AvgIpc) is 2.86. The Morgan fingerprint density at radius 2 is 2.33 bits per heavy atom. The van der Waals surface area contributed by atoms with Crippen molar-refractivity contribution in [2.45, 2.75) is 37.3 Å². The average molecular weight is 274 g/mol. The van der Waals surface area contributed by atoms with Crippen molar-refractivity contribution in [3.63, 3.8) is 0 Å². The lowest BCUT2D eigenvalue weighted by molar-refractivity contribution is 0.189. The standard InChI is InChI=1S/C10H18N4O3S/c1-2-4-13-7-9(10(11)12-13)18(16,17)14-5-3-8(15)6-14/h7-8,15H,2-6H2,1H3,(H2,11,12)/t8-/m1/s1. The molecular weight excluding hydrogens is 256 g/mol. The van der Waals surface area contributed by atoms with Crippen LogP contribution in [0, 0.1) is 0 Å². The van der Waals surface area contributed by atoms with E-state index in [1.165, 1.54) is 15.2 Å². The number of hydrogen-bond donors (Lipinski definition) is 2. The van der Waals surface area contributed by atoms with Crippen LogP contribution in [0.25, 0.3) is 0 Å². The minimum absolute atomic E-state index is 0.0184. The highest BCUT2D eigenvalue weighted by Gasteiger charge is 2.34. The molecule has 2 rings (SSSR count). The zero-order valence-electron chi connectivity index (χ0n) is 10.3. The number of hydrogen-bond acceptors (Lipinski definition) is 5. The first-order chi connectivity index (χ1) is 8.45. The zero-order valence-corrected chi connectivity index (χ0v) is 11.1. The minimum atomic E-state index is -3.63.